The minimum Gasteiger partial charge on any atom is -0.493 e. The van der Waals surface area contributed by atoms with Crippen molar-refractivity contribution in [2.45, 2.75) is 19.4 Å². The monoisotopic (exact) mass is 350 g/mol. The molecule has 1 amide bonds. The maximum absolute atomic E-state index is 12.2. The number of nitrogens with one attached hydrogen (secondary N) is 1. The number of carbonyl (C=O) groups is 1. The lowest BCUT2D eigenvalue weighted by Crippen LogP contribution is -2.28. The molecular weight excluding hydrogens is 328 g/mol. The van der Waals surface area contributed by atoms with Crippen LogP contribution < -0.4 is 20.5 Å². The molecule has 0 fully saturated rings. The van der Waals surface area contributed by atoms with Crippen LogP contribution in [0.4, 0.5) is 5.69 Å². The summed E-state index contributed by atoms with van der Waals surface area (Å²) in [6.45, 7) is 1.93. The first-order valence-electron chi connectivity index (χ1n) is 7.39. The molecule has 130 valence electrons. The highest BCUT2D eigenvalue weighted by molar-refractivity contribution is 5.85. The molecule has 1 unspecified atom stereocenters. The molecule has 0 aliphatic heterocycles. The Bertz CT molecular complexity index is 674. The van der Waals surface area contributed by atoms with Gasteiger partial charge in [0.05, 0.1) is 26.7 Å². The minimum absolute atomic E-state index is 0. The second-order valence-corrected chi connectivity index (χ2v) is 5.32. The van der Waals surface area contributed by atoms with Gasteiger partial charge in [-0.15, -0.1) is 12.4 Å². The van der Waals surface area contributed by atoms with E-state index in [9.17, 15) is 4.79 Å². The fourth-order valence-electron chi connectivity index (χ4n) is 2.32. The zero-order valence-electron chi connectivity index (χ0n) is 14.0. The summed E-state index contributed by atoms with van der Waals surface area (Å²) in [5.74, 6) is 1.26. The molecule has 2 aromatic carbocycles. The minimum atomic E-state index is -0.129. The molecule has 0 radical (unpaired) electrons. The Morgan fingerprint density at radius 2 is 1.71 bits per heavy atom. The Morgan fingerprint density at radius 3 is 2.29 bits per heavy atom. The molecule has 0 spiro atoms. The van der Waals surface area contributed by atoms with E-state index in [-0.39, 0.29) is 24.4 Å². The van der Waals surface area contributed by atoms with Crippen LogP contribution in [0.1, 0.15) is 24.1 Å². The SMILES string of the molecule is COc1ccc(C(C)NC(=O)Cc2ccc(N)cc2)cc1OC.Cl. The number of anilines is 1. The van der Waals surface area contributed by atoms with Crippen LogP contribution in [0, 0.1) is 0 Å². The molecule has 1 atom stereocenters. The van der Waals surface area contributed by atoms with Crippen LogP contribution in [0.3, 0.4) is 0 Å². The molecular formula is C18H23ClN2O3. The lowest BCUT2D eigenvalue weighted by molar-refractivity contribution is -0.121. The first kappa shape index (κ1) is 19.6. The second kappa shape index (κ2) is 9.03. The summed E-state index contributed by atoms with van der Waals surface area (Å²) in [4.78, 5) is 12.2. The Hall–Kier alpha value is -2.40. The second-order valence-electron chi connectivity index (χ2n) is 5.32. The average Bonchev–Trinajstić information content (AvgIpc) is 2.56. The van der Waals surface area contributed by atoms with Gasteiger partial charge in [-0.2, -0.15) is 0 Å². The number of nitrogens with two attached hydrogens (primary N) is 1. The van der Waals surface area contributed by atoms with Crippen LogP contribution in [-0.2, 0) is 11.2 Å². The molecule has 0 heterocycles. The molecule has 5 nitrogen and oxygen atoms in total. The number of hydrogen-bond donors (Lipinski definition) is 2. The van der Waals surface area contributed by atoms with Crippen LogP contribution >= 0.6 is 12.4 Å². The van der Waals surface area contributed by atoms with Gasteiger partial charge in [0.25, 0.3) is 0 Å². The van der Waals surface area contributed by atoms with E-state index in [0.717, 1.165) is 11.1 Å². The average molecular weight is 351 g/mol. The number of amides is 1. The van der Waals surface area contributed by atoms with Crippen molar-refractivity contribution in [3.8, 4) is 11.5 Å². The number of ether oxygens (including phenoxy) is 2. The van der Waals surface area contributed by atoms with E-state index in [1.807, 2.05) is 37.3 Å². The van der Waals surface area contributed by atoms with Crippen molar-refractivity contribution >= 4 is 24.0 Å². The van der Waals surface area contributed by atoms with E-state index in [1.54, 1.807) is 26.4 Å². The number of methoxy groups -OCH3 is 2. The lowest BCUT2D eigenvalue weighted by Gasteiger charge is -2.16. The third-order valence-corrected chi connectivity index (χ3v) is 3.63. The molecule has 2 aromatic rings. The fraction of sp³-hybridized carbons (Fsp3) is 0.278. The van der Waals surface area contributed by atoms with Crippen LogP contribution in [-0.4, -0.2) is 20.1 Å². The van der Waals surface area contributed by atoms with E-state index in [4.69, 9.17) is 15.2 Å². The van der Waals surface area contributed by atoms with Gasteiger partial charge in [0, 0.05) is 5.69 Å². The summed E-state index contributed by atoms with van der Waals surface area (Å²) < 4.78 is 10.5. The highest BCUT2D eigenvalue weighted by Gasteiger charge is 2.13. The summed E-state index contributed by atoms with van der Waals surface area (Å²) in [6.07, 6.45) is 0.317. The summed E-state index contributed by atoms with van der Waals surface area (Å²) in [6, 6.07) is 12.8. The van der Waals surface area contributed by atoms with Gasteiger partial charge in [0.15, 0.2) is 11.5 Å². The van der Waals surface area contributed by atoms with E-state index in [1.165, 1.54) is 0 Å². The van der Waals surface area contributed by atoms with Crippen molar-refractivity contribution in [3.05, 3.63) is 53.6 Å². The maximum Gasteiger partial charge on any atom is 0.224 e. The van der Waals surface area contributed by atoms with Crippen LogP contribution in [0.15, 0.2) is 42.5 Å². The van der Waals surface area contributed by atoms with E-state index >= 15 is 0 Å². The summed E-state index contributed by atoms with van der Waals surface area (Å²) in [5, 5.41) is 2.98. The normalized spacial score (nSPS) is 11.1. The van der Waals surface area contributed by atoms with Gasteiger partial charge in [-0.05, 0) is 42.3 Å². The quantitative estimate of drug-likeness (QED) is 0.785. The van der Waals surface area contributed by atoms with E-state index in [0.29, 0.717) is 23.6 Å². The highest BCUT2D eigenvalue weighted by atomic mass is 35.5. The Kier molecular flexibility index (Phi) is 7.39. The summed E-state index contributed by atoms with van der Waals surface area (Å²) >= 11 is 0. The number of hydrogen-bond acceptors (Lipinski definition) is 4. The molecule has 0 bridgehead atoms. The first-order chi connectivity index (χ1) is 11.0. The molecule has 0 saturated heterocycles. The number of rotatable bonds is 6. The fourth-order valence-corrected chi connectivity index (χ4v) is 2.32. The van der Waals surface area contributed by atoms with Gasteiger partial charge in [0.1, 0.15) is 0 Å². The van der Waals surface area contributed by atoms with Crippen molar-refractivity contribution in [3.63, 3.8) is 0 Å². The van der Waals surface area contributed by atoms with Gasteiger partial charge < -0.3 is 20.5 Å². The number of nitrogen functional groups attached to an aromatic ring is 1. The first-order valence-corrected chi connectivity index (χ1v) is 7.39. The van der Waals surface area contributed by atoms with Gasteiger partial charge in [-0.3, -0.25) is 4.79 Å². The van der Waals surface area contributed by atoms with Crippen LogP contribution in [0.5, 0.6) is 11.5 Å². The standard InChI is InChI=1S/C18H22N2O3.ClH/c1-12(14-6-9-16(22-2)17(11-14)23-3)20-18(21)10-13-4-7-15(19)8-5-13;/h4-9,11-12H,10,19H2,1-3H3,(H,20,21);1H. The molecule has 0 aromatic heterocycles. The highest BCUT2D eigenvalue weighted by Crippen LogP contribution is 2.29. The summed E-state index contributed by atoms with van der Waals surface area (Å²) in [5.41, 5.74) is 8.21. The summed E-state index contributed by atoms with van der Waals surface area (Å²) in [7, 11) is 3.18. The molecule has 2 rings (SSSR count). The van der Waals surface area contributed by atoms with Gasteiger partial charge in [0.2, 0.25) is 5.91 Å². The van der Waals surface area contributed by atoms with E-state index in [2.05, 4.69) is 5.32 Å². The van der Waals surface area contributed by atoms with Crippen molar-refractivity contribution in [1.29, 1.82) is 0 Å². The number of halogens is 1. The molecule has 0 aliphatic carbocycles. The lowest BCUT2D eigenvalue weighted by atomic mass is 10.1. The largest absolute Gasteiger partial charge is 0.493 e. The third-order valence-electron chi connectivity index (χ3n) is 3.63. The molecule has 0 saturated carbocycles. The smallest absolute Gasteiger partial charge is 0.224 e. The van der Waals surface area contributed by atoms with Crippen LogP contribution in [0.25, 0.3) is 0 Å². The number of carbonyl (C=O) groups excluding carboxylic acids is 1. The van der Waals surface area contributed by atoms with Crippen molar-refractivity contribution < 1.29 is 14.3 Å². The predicted octanol–water partition coefficient (Wildman–Crippen LogP) is 3.13. The van der Waals surface area contributed by atoms with E-state index < -0.39 is 0 Å². The molecule has 0 aliphatic rings. The Labute approximate surface area is 148 Å². The van der Waals surface area contributed by atoms with Crippen molar-refractivity contribution in [1.82, 2.24) is 5.32 Å². The van der Waals surface area contributed by atoms with Gasteiger partial charge in [-0.1, -0.05) is 18.2 Å². The molecule has 24 heavy (non-hydrogen) atoms. The third kappa shape index (κ3) is 5.06. The van der Waals surface area contributed by atoms with Crippen molar-refractivity contribution in [2.75, 3.05) is 20.0 Å². The Morgan fingerprint density at radius 1 is 1.08 bits per heavy atom. The van der Waals surface area contributed by atoms with Crippen LogP contribution in [0.2, 0.25) is 0 Å². The molecule has 3 N–H and O–H groups in total. The Balaban J connectivity index is 0.00000288. The topological polar surface area (TPSA) is 73.6 Å². The van der Waals surface area contributed by atoms with Crippen molar-refractivity contribution in [2.24, 2.45) is 0 Å². The molecule has 6 heteroatoms. The van der Waals surface area contributed by atoms with Gasteiger partial charge in [-0.25, -0.2) is 0 Å². The number of benzene rings is 2. The predicted molar refractivity (Wildman–Crippen MR) is 97.9 cm³/mol. The zero-order valence-corrected chi connectivity index (χ0v) is 14.9. The maximum atomic E-state index is 12.2. The van der Waals surface area contributed by atoms with Gasteiger partial charge >= 0.3 is 0 Å². The zero-order chi connectivity index (χ0) is 16.8.